The van der Waals surface area contributed by atoms with Crippen LogP contribution in [0.1, 0.15) is 11.1 Å². The van der Waals surface area contributed by atoms with Crippen LogP contribution in [0.4, 0.5) is 0 Å². The zero-order valence-electron chi connectivity index (χ0n) is 11.7. The van der Waals surface area contributed by atoms with Crippen LogP contribution < -0.4 is 10.5 Å². The molecule has 1 aliphatic rings. The quantitative estimate of drug-likeness (QED) is 0.778. The number of benzene rings is 1. The Bertz CT molecular complexity index is 625. The average molecular weight is 363 g/mol. The molecule has 1 aromatic rings. The molecule has 3 N–H and O–H groups in total. The summed E-state index contributed by atoms with van der Waals surface area (Å²) in [6.07, 6.45) is 0. The number of thioether (sulfide) groups is 2. The molecule has 1 unspecified atom stereocenters. The van der Waals surface area contributed by atoms with Gasteiger partial charge in [0.15, 0.2) is 0 Å². The fraction of sp³-hybridized carbons (Fsp3) is 0.462. The van der Waals surface area contributed by atoms with Gasteiger partial charge in [-0.1, -0.05) is 18.3 Å². The first kappa shape index (κ1) is 17.1. The molecule has 0 spiro atoms. The zero-order valence-corrected chi connectivity index (χ0v) is 14.9. The normalized spacial score (nSPS) is 19.4. The van der Waals surface area contributed by atoms with Crippen LogP contribution in [0.25, 0.3) is 0 Å². The molecule has 21 heavy (non-hydrogen) atoms. The van der Waals surface area contributed by atoms with E-state index >= 15 is 0 Å². The lowest BCUT2D eigenvalue weighted by molar-refractivity contribution is 0.581. The van der Waals surface area contributed by atoms with Gasteiger partial charge in [-0.2, -0.15) is 23.5 Å². The number of thiocarbonyl (C=S) groups is 1. The van der Waals surface area contributed by atoms with Crippen LogP contribution in [0.5, 0.6) is 0 Å². The number of nitrogens with one attached hydrogen (secondary N) is 1. The van der Waals surface area contributed by atoms with E-state index in [1.165, 1.54) is 0 Å². The third-order valence-electron chi connectivity index (χ3n) is 3.13. The molecular formula is C13H18N2O2S4. The van der Waals surface area contributed by atoms with Crippen molar-refractivity contribution in [3.8, 4) is 0 Å². The van der Waals surface area contributed by atoms with E-state index in [0.717, 1.165) is 17.3 Å². The molecule has 4 nitrogen and oxygen atoms in total. The fourth-order valence-electron chi connectivity index (χ4n) is 2.04. The second-order valence-corrected chi connectivity index (χ2v) is 9.50. The number of aryl methyl sites for hydroxylation is 1. The molecule has 1 heterocycles. The van der Waals surface area contributed by atoms with Gasteiger partial charge in [0.05, 0.1) is 4.90 Å². The van der Waals surface area contributed by atoms with Crippen molar-refractivity contribution in [2.75, 3.05) is 23.8 Å². The second-order valence-electron chi connectivity index (χ2n) is 4.76. The van der Waals surface area contributed by atoms with Crippen molar-refractivity contribution in [2.45, 2.75) is 17.1 Å². The summed E-state index contributed by atoms with van der Waals surface area (Å²) >= 11 is 8.60. The topological polar surface area (TPSA) is 72.2 Å². The Morgan fingerprint density at radius 1 is 1.48 bits per heavy atom. The molecule has 0 aliphatic carbocycles. The molecule has 0 amide bonds. The average Bonchev–Trinajstić information content (AvgIpc) is 2.46. The van der Waals surface area contributed by atoms with Crippen LogP contribution >= 0.6 is 35.7 Å². The molecule has 1 aromatic carbocycles. The summed E-state index contributed by atoms with van der Waals surface area (Å²) in [5.41, 5.74) is 6.89. The highest BCUT2D eigenvalue weighted by molar-refractivity contribution is 8.06. The minimum Gasteiger partial charge on any atom is -0.389 e. The van der Waals surface area contributed by atoms with Crippen molar-refractivity contribution < 1.29 is 8.42 Å². The summed E-state index contributed by atoms with van der Waals surface area (Å²) in [4.78, 5) is 0.557. The minimum atomic E-state index is -3.49. The first-order valence-electron chi connectivity index (χ1n) is 6.49. The standard InChI is InChI=1S/C13H18N2O2S4/c1-9-6-10(13(14)18)2-3-12(9)21(16,17)15-7-11-8-19-4-5-20-11/h2-3,6,11,15H,4-5,7-8H2,1H3,(H2,14,18). The molecule has 0 radical (unpaired) electrons. The van der Waals surface area contributed by atoms with Crippen LogP contribution in [0.15, 0.2) is 23.1 Å². The maximum absolute atomic E-state index is 12.4. The van der Waals surface area contributed by atoms with E-state index in [2.05, 4.69) is 4.72 Å². The Balaban J connectivity index is 2.10. The van der Waals surface area contributed by atoms with E-state index in [1.54, 1.807) is 25.1 Å². The highest BCUT2D eigenvalue weighted by Gasteiger charge is 2.21. The van der Waals surface area contributed by atoms with Gasteiger partial charge in [-0.05, 0) is 24.6 Å². The molecule has 0 aromatic heterocycles. The van der Waals surface area contributed by atoms with Crippen LogP contribution in [0.3, 0.4) is 0 Å². The van der Waals surface area contributed by atoms with E-state index in [0.29, 0.717) is 22.9 Å². The third-order valence-corrected chi connectivity index (χ3v) is 7.80. The summed E-state index contributed by atoms with van der Waals surface area (Å²) < 4.78 is 27.5. The fourth-order valence-corrected chi connectivity index (χ4v) is 6.19. The number of nitrogens with two attached hydrogens (primary N) is 1. The highest BCUT2D eigenvalue weighted by Crippen LogP contribution is 2.24. The second kappa shape index (κ2) is 7.32. The van der Waals surface area contributed by atoms with E-state index in [4.69, 9.17) is 18.0 Å². The van der Waals surface area contributed by atoms with Crippen LogP contribution in [-0.2, 0) is 10.0 Å². The zero-order chi connectivity index (χ0) is 15.5. The lowest BCUT2D eigenvalue weighted by atomic mass is 10.1. The monoisotopic (exact) mass is 362 g/mol. The third kappa shape index (κ3) is 4.59. The maximum Gasteiger partial charge on any atom is 0.240 e. The van der Waals surface area contributed by atoms with Gasteiger partial charge in [-0.15, -0.1) is 0 Å². The van der Waals surface area contributed by atoms with E-state index < -0.39 is 10.0 Å². The molecule has 2 rings (SSSR count). The molecular weight excluding hydrogens is 344 g/mol. The van der Waals surface area contributed by atoms with Crippen molar-refractivity contribution in [3.63, 3.8) is 0 Å². The van der Waals surface area contributed by atoms with Gasteiger partial charge < -0.3 is 5.73 Å². The van der Waals surface area contributed by atoms with E-state index in [9.17, 15) is 8.42 Å². The van der Waals surface area contributed by atoms with E-state index in [-0.39, 0.29) is 9.88 Å². The largest absolute Gasteiger partial charge is 0.389 e. The first-order chi connectivity index (χ1) is 9.90. The maximum atomic E-state index is 12.4. The molecule has 116 valence electrons. The number of sulfonamides is 1. The summed E-state index contributed by atoms with van der Waals surface area (Å²) in [6.45, 7) is 2.22. The number of hydrogen-bond acceptors (Lipinski definition) is 5. The van der Waals surface area contributed by atoms with Gasteiger partial charge in [0.2, 0.25) is 10.0 Å². The predicted octanol–water partition coefficient (Wildman–Crippen LogP) is 1.76. The van der Waals surface area contributed by atoms with Gasteiger partial charge in [-0.3, -0.25) is 0 Å². The number of rotatable bonds is 5. The summed E-state index contributed by atoms with van der Waals surface area (Å²) in [6, 6.07) is 4.92. The van der Waals surface area contributed by atoms with Gasteiger partial charge in [-0.25, -0.2) is 13.1 Å². The van der Waals surface area contributed by atoms with E-state index in [1.807, 2.05) is 23.5 Å². The summed E-state index contributed by atoms with van der Waals surface area (Å²) in [5.74, 6) is 3.22. The smallest absolute Gasteiger partial charge is 0.240 e. The lowest BCUT2D eigenvalue weighted by Gasteiger charge is -2.21. The molecule has 1 atom stereocenters. The Labute approximate surface area is 139 Å². The molecule has 1 fully saturated rings. The molecule has 0 bridgehead atoms. The van der Waals surface area contributed by atoms with Crippen LogP contribution in [0.2, 0.25) is 0 Å². The Kier molecular flexibility index (Phi) is 5.96. The van der Waals surface area contributed by atoms with Gasteiger partial charge in [0.1, 0.15) is 4.99 Å². The van der Waals surface area contributed by atoms with Crippen molar-refractivity contribution in [3.05, 3.63) is 29.3 Å². The van der Waals surface area contributed by atoms with Crippen LogP contribution in [-0.4, -0.2) is 42.5 Å². The molecule has 0 saturated carbocycles. The minimum absolute atomic E-state index is 0.269. The summed E-state index contributed by atoms with van der Waals surface area (Å²) in [7, 11) is -3.49. The van der Waals surface area contributed by atoms with Crippen molar-refractivity contribution in [1.82, 2.24) is 4.72 Å². The van der Waals surface area contributed by atoms with Crippen LogP contribution in [0, 0.1) is 6.92 Å². The molecule has 1 aliphatic heterocycles. The predicted molar refractivity (Wildman–Crippen MR) is 95.8 cm³/mol. The van der Waals surface area contributed by atoms with Gasteiger partial charge in [0, 0.05) is 34.6 Å². The molecule has 8 heteroatoms. The SMILES string of the molecule is Cc1cc(C(N)=S)ccc1S(=O)(=O)NCC1CSCCS1. The van der Waals surface area contributed by atoms with Crippen molar-refractivity contribution in [1.29, 1.82) is 0 Å². The molecule has 1 saturated heterocycles. The Hall–Kier alpha value is -0.280. The number of hydrogen-bond donors (Lipinski definition) is 2. The van der Waals surface area contributed by atoms with Crippen molar-refractivity contribution in [2.24, 2.45) is 5.73 Å². The first-order valence-corrected chi connectivity index (χ1v) is 10.6. The highest BCUT2D eigenvalue weighted by atomic mass is 32.2. The summed E-state index contributed by atoms with van der Waals surface area (Å²) in [5, 5.41) is 0.342. The Morgan fingerprint density at radius 2 is 2.24 bits per heavy atom. The van der Waals surface area contributed by atoms with Crippen molar-refractivity contribution >= 4 is 50.8 Å². The Morgan fingerprint density at radius 3 is 2.81 bits per heavy atom. The van der Waals surface area contributed by atoms with Gasteiger partial charge in [0.25, 0.3) is 0 Å². The lowest BCUT2D eigenvalue weighted by Crippen LogP contribution is -2.33. The van der Waals surface area contributed by atoms with Gasteiger partial charge >= 0.3 is 0 Å².